The number of hydrogen-bond acceptors (Lipinski definition) is 4. The molecule has 0 bridgehead atoms. The van der Waals surface area contributed by atoms with Gasteiger partial charge in [-0.3, -0.25) is 9.59 Å². The molecule has 3 aromatic carbocycles. The van der Waals surface area contributed by atoms with Gasteiger partial charge in [-0.05, 0) is 49.4 Å². The molecule has 0 aromatic heterocycles. The predicted octanol–water partition coefficient (Wildman–Crippen LogP) is 4.43. The van der Waals surface area contributed by atoms with Crippen LogP contribution in [0.3, 0.4) is 0 Å². The van der Waals surface area contributed by atoms with Crippen molar-refractivity contribution in [2.75, 3.05) is 29.9 Å². The summed E-state index contributed by atoms with van der Waals surface area (Å²) in [6.45, 7) is 9.98. The van der Waals surface area contributed by atoms with Gasteiger partial charge in [-0.2, -0.15) is 4.31 Å². The average molecular weight is 476 g/mol. The van der Waals surface area contributed by atoms with E-state index in [1.54, 1.807) is 23.1 Å². The first kappa shape index (κ1) is 23.4. The van der Waals surface area contributed by atoms with Gasteiger partial charge in [-0.15, -0.1) is 13.2 Å². The van der Waals surface area contributed by atoms with Crippen LogP contribution in [0.2, 0.25) is 0 Å². The van der Waals surface area contributed by atoms with Crippen molar-refractivity contribution in [2.45, 2.75) is 11.8 Å². The molecule has 34 heavy (non-hydrogen) atoms. The van der Waals surface area contributed by atoms with Crippen LogP contribution in [0.25, 0.3) is 10.8 Å². The van der Waals surface area contributed by atoms with E-state index in [4.69, 9.17) is 0 Å². The molecule has 7 nitrogen and oxygen atoms in total. The third-order valence-corrected chi connectivity index (χ3v) is 7.62. The van der Waals surface area contributed by atoms with E-state index in [2.05, 4.69) is 18.5 Å². The number of nitrogens with zero attached hydrogens (tertiary/aromatic N) is 2. The molecule has 0 radical (unpaired) electrons. The molecule has 1 N–H and O–H groups in total. The number of nitrogens with one attached hydrogen (secondary N) is 1. The van der Waals surface area contributed by atoms with E-state index in [0.717, 1.165) is 16.5 Å². The molecule has 0 saturated heterocycles. The molecule has 0 unspecified atom stereocenters. The van der Waals surface area contributed by atoms with Gasteiger partial charge in [0.2, 0.25) is 10.0 Å². The molecular weight excluding hydrogens is 450 g/mol. The first-order valence-electron chi connectivity index (χ1n) is 10.8. The van der Waals surface area contributed by atoms with Crippen LogP contribution in [0.1, 0.15) is 27.6 Å². The summed E-state index contributed by atoms with van der Waals surface area (Å²) >= 11 is 0. The number of carbonyl (C=O) groups is 2. The highest BCUT2D eigenvalue weighted by Gasteiger charge is 2.29. The maximum atomic E-state index is 13.0. The van der Waals surface area contributed by atoms with E-state index >= 15 is 0 Å². The second kappa shape index (κ2) is 9.24. The van der Waals surface area contributed by atoms with Crippen molar-refractivity contribution in [3.63, 3.8) is 0 Å². The van der Waals surface area contributed by atoms with Crippen LogP contribution < -0.4 is 10.2 Å². The topological polar surface area (TPSA) is 86.8 Å². The smallest absolute Gasteiger partial charge is 0.258 e. The lowest BCUT2D eigenvalue weighted by Crippen LogP contribution is -2.31. The van der Waals surface area contributed by atoms with E-state index in [1.165, 1.54) is 40.7 Å². The van der Waals surface area contributed by atoms with Crippen LogP contribution >= 0.6 is 0 Å². The minimum absolute atomic E-state index is 0.0506. The lowest BCUT2D eigenvalue weighted by atomic mass is 10.0. The molecule has 0 fully saturated rings. The molecule has 0 spiro atoms. The van der Waals surface area contributed by atoms with Crippen LogP contribution in [-0.4, -0.2) is 44.2 Å². The number of anilines is 2. The number of sulfonamides is 1. The van der Waals surface area contributed by atoms with E-state index in [0.29, 0.717) is 23.4 Å². The monoisotopic (exact) mass is 475 g/mol. The highest BCUT2D eigenvalue weighted by atomic mass is 32.2. The fourth-order valence-corrected chi connectivity index (χ4v) is 5.53. The Morgan fingerprint density at radius 1 is 1.03 bits per heavy atom. The Labute approximate surface area is 199 Å². The van der Waals surface area contributed by atoms with Gasteiger partial charge in [0.15, 0.2) is 0 Å². The maximum absolute atomic E-state index is 13.0. The normalized spacial score (nSPS) is 12.9. The summed E-state index contributed by atoms with van der Waals surface area (Å²) in [4.78, 5) is 27.4. The van der Waals surface area contributed by atoms with Crippen molar-refractivity contribution in [1.82, 2.24) is 4.31 Å². The van der Waals surface area contributed by atoms with Crippen LogP contribution in [-0.2, 0) is 10.0 Å². The fraction of sp³-hybridized carbons (Fsp3) is 0.154. The Morgan fingerprint density at radius 3 is 2.32 bits per heavy atom. The van der Waals surface area contributed by atoms with E-state index in [1.807, 2.05) is 19.1 Å². The van der Waals surface area contributed by atoms with Crippen LogP contribution in [0.15, 0.2) is 84.8 Å². The average Bonchev–Trinajstić information content (AvgIpc) is 3.12. The number of hydrogen-bond donors (Lipinski definition) is 1. The van der Waals surface area contributed by atoms with Gasteiger partial charge in [-0.1, -0.05) is 24.3 Å². The van der Waals surface area contributed by atoms with Gasteiger partial charge in [0.05, 0.1) is 10.6 Å². The third-order valence-electron chi connectivity index (χ3n) is 5.77. The van der Waals surface area contributed by atoms with Crippen molar-refractivity contribution >= 4 is 44.0 Å². The summed E-state index contributed by atoms with van der Waals surface area (Å²) < 4.78 is 27.0. The molecule has 0 aliphatic carbocycles. The highest BCUT2D eigenvalue weighted by Crippen LogP contribution is 2.40. The minimum atomic E-state index is -3.75. The van der Waals surface area contributed by atoms with Gasteiger partial charge >= 0.3 is 0 Å². The molecule has 174 valence electrons. The van der Waals surface area contributed by atoms with Crippen molar-refractivity contribution in [2.24, 2.45) is 0 Å². The molecular formula is C26H25N3O4S. The summed E-state index contributed by atoms with van der Waals surface area (Å²) in [6.07, 6.45) is 3.02. The van der Waals surface area contributed by atoms with E-state index in [-0.39, 0.29) is 29.8 Å². The van der Waals surface area contributed by atoms with Crippen LogP contribution in [0, 0.1) is 0 Å². The Hall–Kier alpha value is -3.75. The standard InChI is InChI=1S/C26H25N3O4S/c1-4-16-28(17-5-2)34(32,33)19-12-10-18(11-13-19)25(30)27-22-14-15-23-24-20(22)8-7-9-21(24)26(31)29(23)6-3/h4-5,7-15H,1-2,6,16-17H2,3H3,(H,27,30). The Kier molecular flexibility index (Phi) is 6.37. The lowest BCUT2D eigenvalue weighted by molar-refractivity contribution is 0.0992. The highest BCUT2D eigenvalue weighted by molar-refractivity contribution is 7.89. The zero-order valence-corrected chi connectivity index (χ0v) is 19.6. The lowest BCUT2D eigenvalue weighted by Gasteiger charge is -2.19. The van der Waals surface area contributed by atoms with Crippen LogP contribution in [0.5, 0.6) is 0 Å². The van der Waals surface area contributed by atoms with Gasteiger partial charge in [0, 0.05) is 47.2 Å². The molecule has 1 heterocycles. The zero-order chi connectivity index (χ0) is 24.5. The summed E-state index contributed by atoms with van der Waals surface area (Å²) in [6, 6.07) is 14.8. The molecule has 1 aliphatic heterocycles. The van der Waals surface area contributed by atoms with E-state index < -0.39 is 10.0 Å². The number of amides is 2. The van der Waals surface area contributed by atoms with E-state index in [9.17, 15) is 18.0 Å². The first-order valence-corrected chi connectivity index (χ1v) is 12.3. The van der Waals surface area contributed by atoms with Gasteiger partial charge < -0.3 is 10.2 Å². The Balaban J connectivity index is 1.61. The van der Waals surface area contributed by atoms with Crippen LogP contribution in [0.4, 0.5) is 11.4 Å². The quantitative estimate of drug-likeness (QED) is 0.464. The molecule has 8 heteroatoms. The number of rotatable bonds is 9. The molecule has 0 atom stereocenters. The van der Waals surface area contributed by atoms with Crippen molar-refractivity contribution in [1.29, 1.82) is 0 Å². The summed E-state index contributed by atoms with van der Waals surface area (Å²) in [5, 5.41) is 4.49. The maximum Gasteiger partial charge on any atom is 0.258 e. The third kappa shape index (κ3) is 3.91. The molecule has 4 rings (SSSR count). The Bertz CT molecular complexity index is 1400. The second-order valence-corrected chi connectivity index (χ2v) is 9.73. The number of benzene rings is 3. The molecule has 3 aromatic rings. The molecule has 1 aliphatic rings. The zero-order valence-electron chi connectivity index (χ0n) is 18.8. The minimum Gasteiger partial charge on any atom is -0.321 e. The van der Waals surface area contributed by atoms with Gasteiger partial charge in [0.1, 0.15) is 0 Å². The Morgan fingerprint density at radius 2 is 1.71 bits per heavy atom. The first-order chi connectivity index (χ1) is 16.3. The number of carbonyl (C=O) groups excluding carboxylic acids is 2. The predicted molar refractivity (Wildman–Crippen MR) is 135 cm³/mol. The SMILES string of the molecule is C=CCN(CC=C)S(=O)(=O)c1ccc(C(=O)Nc2ccc3c4c(cccc24)C(=O)N3CC)cc1. The van der Waals surface area contributed by atoms with Crippen molar-refractivity contribution in [3.8, 4) is 0 Å². The summed E-state index contributed by atoms with van der Waals surface area (Å²) in [5.41, 5.74) is 2.33. The molecule has 2 amide bonds. The van der Waals surface area contributed by atoms with Gasteiger partial charge in [-0.25, -0.2) is 8.42 Å². The second-order valence-electron chi connectivity index (χ2n) is 7.79. The summed E-state index contributed by atoms with van der Waals surface area (Å²) in [5.74, 6) is -0.430. The largest absolute Gasteiger partial charge is 0.321 e. The fourth-order valence-electron chi connectivity index (χ4n) is 4.15. The molecule has 0 saturated carbocycles. The van der Waals surface area contributed by atoms with Crippen molar-refractivity contribution in [3.05, 3.63) is 91.0 Å². The van der Waals surface area contributed by atoms with Crippen molar-refractivity contribution < 1.29 is 18.0 Å². The van der Waals surface area contributed by atoms with Gasteiger partial charge in [0.25, 0.3) is 11.8 Å². The summed E-state index contributed by atoms with van der Waals surface area (Å²) in [7, 11) is -3.75.